The van der Waals surface area contributed by atoms with Gasteiger partial charge in [0.1, 0.15) is 16.5 Å². The molecule has 2 N–H and O–H groups in total. The Labute approximate surface area is 130 Å². The second kappa shape index (κ2) is 7.20. The Kier molecular flexibility index (Phi) is 5.31. The van der Waals surface area contributed by atoms with Crippen LogP contribution in [0.4, 0.5) is 0 Å². The molecule has 0 spiro atoms. The molecule has 0 atom stereocenters. The van der Waals surface area contributed by atoms with Crippen molar-refractivity contribution in [3.8, 4) is 11.5 Å². The maximum Gasteiger partial charge on any atom is 0.137 e. The lowest BCUT2D eigenvalue weighted by molar-refractivity contribution is 0.202. The van der Waals surface area contributed by atoms with E-state index in [1.165, 1.54) is 5.56 Å². The number of methoxy groups -OCH3 is 1. The van der Waals surface area contributed by atoms with Gasteiger partial charge in [0.2, 0.25) is 0 Å². The van der Waals surface area contributed by atoms with E-state index in [0.717, 1.165) is 23.3 Å². The van der Waals surface area contributed by atoms with Crippen molar-refractivity contribution in [3.05, 3.63) is 59.2 Å². The van der Waals surface area contributed by atoms with Crippen LogP contribution >= 0.6 is 12.2 Å². The van der Waals surface area contributed by atoms with E-state index in [-0.39, 0.29) is 0 Å². The molecule has 2 aromatic carbocycles. The second-order valence-corrected chi connectivity index (χ2v) is 5.29. The minimum Gasteiger partial charge on any atom is -0.457 e. The third-order valence-corrected chi connectivity index (χ3v) is 3.37. The Morgan fingerprint density at radius 1 is 1.14 bits per heavy atom. The van der Waals surface area contributed by atoms with Gasteiger partial charge in [-0.3, -0.25) is 0 Å². The quantitative estimate of drug-likeness (QED) is 0.828. The maximum atomic E-state index is 5.91. The van der Waals surface area contributed by atoms with Gasteiger partial charge in [0.25, 0.3) is 0 Å². The summed E-state index contributed by atoms with van der Waals surface area (Å²) in [5.41, 5.74) is 8.79. The molecule has 0 saturated carbocycles. The number of nitrogens with two attached hydrogens (primary N) is 1. The maximum absolute atomic E-state index is 5.91. The molecule has 0 aliphatic rings. The van der Waals surface area contributed by atoms with Crippen LogP contribution in [-0.2, 0) is 11.2 Å². The summed E-state index contributed by atoms with van der Waals surface area (Å²) in [5.74, 6) is 1.45. The minimum atomic E-state index is 0.335. The van der Waals surface area contributed by atoms with Crippen molar-refractivity contribution in [3.63, 3.8) is 0 Å². The van der Waals surface area contributed by atoms with Gasteiger partial charge in [0.15, 0.2) is 0 Å². The van der Waals surface area contributed by atoms with Crippen LogP contribution in [0.5, 0.6) is 11.5 Å². The Hall–Kier alpha value is -1.91. The molecule has 0 bridgehead atoms. The van der Waals surface area contributed by atoms with Gasteiger partial charge in [-0.05, 0) is 48.7 Å². The highest BCUT2D eigenvalue weighted by Gasteiger charge is 2.08. The molecule has 0 heterocycles. The molecule has 4 heteroatoms. The molecule has 0 aliphatic carbocycles. The van der Waals surface area contributed by atoms with Crippen LogP contribution in [0.1, 0.15) is 16.7 Å². The predicted molar refractivity (Wildman–Crippen MR) is 89.2 cm³/mol. The summed E-state index contributed by atoms with van der Waals surface area (Å²) in [5, 5.41) is 0. The third-order valence-electron chi connectivity index (χ3n) is 3.15. The summed E-state index contributed by atoms with van der Waals surface area (Å²) in [6.07, 6.45) is 0.888. The fraction of sp³-hybridized carbons (Fsp3) is 0.235. The highest BCUT2D eigenvalue weighted by Crippen LogP contribution is 2.27. The van der Waals surface area contributed by atoms with Crippen molar-refractivity contribution in [2.75, 3.05) is 13.7 Å². The first-order chi connectivity index (χ1) is 10.1. The van der Waals surface area contributed by atoms with Crippen LogP contribution in [-0.4, -0.2) is 18.7 Å². The van der Waals surface area contributed by atoms with Crippen molar-refractivity contribution in [1.29, 1.82) is 0 Å². The largest absolute Gasteiger partial charge is 0.457 e. The highest BCUT2D eigenvalue weighted by molar-refractivity contribution is 7.80. The van der Waals surface area contributed by atoms with Crippen molar-refractivity contribution >= 4 is 17.2 Å². The molecule has 0 saturated heterocycles. The lowest BCUT2D eigenvalue weighted by atomic mass is 10.1. The third kappa shape index (κ3) is 4.28. The summed E-state index contributed by atoms with van der Waals surface area (Å²) in [6, 6.07) is 13.7. The van der Waals surface area contributed by atoms with E-state index in [1.54, 1.807) is 7.11 Å². The Morgan fingerprint density at radius 3 is 2.48 bits per heavy atom. The fourth-order valence-corrected chi connectivity index (χ4v) is 2.16. The molecule has 0 fully saturated rings. The standard InChI is InChI=1S/C17H19NO2S/c1-12-3-8-15(17(18)21)16(11-12)20-14-6-4-13(5-7-14)9-10-19-2/h3-8,11H,9-10H2,1-2H3,(H2,18,21). The molecular weight excluding hydrogens is 282 g/mol. The number of hydrogen-bond donors (Lipinski definition) is 1. The summed E-state index contributed by atoms with van der Waals surface area (Å²) in [6.45, 7) is 2.72. The van der Waals surface area contributed by atoms with E-state index in [4.69, 9.17) is 27.4 Å². The van der Waals surface area contributed by atoms with Crippen LogP contribution in [0.3, 0.4) is 0 Å². The van der Waals surface area contributed by atoms with Gasteiger partial charge in [0, 0.05) is 7.11 Å². The molecule has 2 aromatic rings. The lowest BCUT2D eigenvalue weighted by Crippen LogP contribution is -2.10. The monoisotopic (exact) mass is 301 g/mol. The number of thiocarbonyl (C=S) groups is 1. The van der Waals surface area contributed by atoms with Crippen LogP contribution < -0.4 is 10.5 Å². The van der Waals surface area contributed by atoms with Gasteiger partial charge < -0.3 is 15.2 Å². The van der Waals surface area contributed by atoms with Crippen LogP contribution in [0.15, 0.2) is 42.5 Å². The molecule has 0 unspecified atom stereocenters. The first-order valence-electron chi connectivity index (χ1n) is 6.76. The Balaban J connectivity index is 2.18. The minimum absolute atomic E-state index is 0.335. The van der Waals surface area contributed by atoms with E-state index in [1.807, 2.05) is 49.4 Å². The van der Waals surface area contributed by atoms with Crippen molar-refractivity contribution in [1.82, 2.24) is 0 Å². The Morgan fingerprint density at radius 2 is 1.86 bits per heavy atom. The molecule has 3 nitrogen and oxygen atoms in total. The van der Waals surface area contributed by atoms with E-state index in [0.29, 0.717) is 17.3 Å². The topological polar surface area (TPSA) is 44.5 Å². The molecule has 0 aromatic heterocycles. The molecule has 21 heavy (non-hydrogen) atoms. The zero-order valence-electron chi connectivity index (χ0n) is 12.3. The average Bonchev–Trinajstić information content (AvgIpc) is 2.46. The van der Waals surface area contributed by atoms with Gasteiger partial charge in [-0.25, -0.2) is 0 Å². The van der Waals surface area contributed by atoms with Crippen LogP contribution in [0.25, 0.3) is 0 Å². The number of hydrogen-bond acceptors (Lipinski definition) is 3. The van der Waals surface area contributed by atoms with Gasteiger partial charge in [-0.2, -0.15) is 0 Å². The summed E-state index contributed by atoms with van der Waals surface area (Å²) in [4.78, 5) is 0.335. The van der Waals surface area contributed by atoms with Crippen molar-refractivity contribution in [2.45, 2.75) is 13.3 Å². The zero-order chi connectivity index (χ0) is 15.2. The SMILES string of the molecule is COCCc1ccc(Oc2cc(C)ccc2C(N)=S)cc1. The number of rotatable bonds is 6. The summed E-state index contributed by atoms with van der Waals surface area (Å²) in [7, 11) is 1.70. The van der Waals surface area contributed by atoms with Crippen LogP contribution in [0.2, 0.25) is 0 Å². The van der Waals surface area contributed by atoms with Gasteiger partial charge in [-0.1, -0.05) is 30.4 Å². The molecule has 0 radical (unpaired) electrons. The van der Waals surface area contributed by atoms with E-state index in [2.05, 4.69) is 0 Å². The zero-order valence-corrected chi connectivity index (χ0v) is 13.1. The molecule has 2 rings (SSSR count). The molecule has 0 amide bonds. The van der Waals surface area contributed by atoms with Crippen molar-refractivity contribution < 1.29 is 9.47 Å². The van der Waals surface area contributed by atoms with E-state index >= 15 is 0 Å². The lowest BCUT2D eigenvalue weighted by Gasteiger charge is -2.11. The number of ether oxygens (including phenoxy) is 2. The normalized spacial score (nSPS) is 10.4. The van der Waals surface area contributed by atoms with E-state index < -0.39 is 0 Å². The smallest absolute Gasteiger partial charge is 0.137 e. The summed E-state index contributed by atoms with van der Waals surface area (Å²) >= 11 is 5.06. The van der Waals surface area contributed by atoms with Gasteiger partial charge >= 0.3 is 0 Å². The Bertz CT molecular complexity index is 623. The molecular formula is C17H19NO2S. The highest BCUT2D eigenvalue weighted by atomic mass is 32.1. The summed E-state index contributed by atoms with van der Waals surface area (Å²) < 4.78 is 11.0. The molecule has 110 valence electrons. The first-order valence-corrected chi connectivity index (χ1v) is 7.17. The predicted octanol–water partition coefficient (Wildman–Crippen LogP) is 3.61. The fourth-order valence-electron chi connectivity index (χ4n) is 1.99. The van der Waals surface area contributed by atoms with Crippen LogP contribution in [0, 0.1) is 6.92 Å². The number of aryl methyl sites for hydroxylation is 1. The first kappa shape index (κ1) is 15.5. The van der Waals surface area contributed by atoms with E-state index in [9.17, 15) is 0 Å². The molecule has 0 aliphatic heterocycles. The van der Waals surface area contributed by atoms with Crippen molar-refractivity contribution in [2.24, 2.45) is 5.73 Å². The second-order valence-electron chi connectivity index (χ2n) is 4.85. The van der Waals surface area contributed by atoms with Gasteiger partial charge in [-0.15, -0.1) is 0 Å². The average molecular weight is 301 g/mol. The van der Waals surface area contributed by atoms with Gasteiger partial charge in [0.05, 0.1) is 12.2 Å². The number of benzene rings is 2.